The molecule has 12 aromatic rings. The Hall–Kier alpha value is -9.01. The van der Waals surface area contributed by atoms with Crippen molar-refractivity contribution in [1.82, 2.24) is 19.5 Å². The highest BCUT2D eigenvalue weighted by molar-refractivity contribution is 7.25. The number of fused-ring (bicyclic) bond motifs is 6. The number of nitrogens with zero attached hydrogens (tertiary/aromatic N) is 6. The molecule has 0 aliphatic rings. The molecule has 12 rings (SSSR count). The summed E-state index contributed by atoms with van der Waals surface area (Å²) < 4.78 is 4.79. The first kappa shape index (κ1) is 38.6. The third-order valence-electron chi connectivity index (χ3n) is 12.4. The van der Waals surface area contributed by atoms with Crippen LogP contribution in [0.25, 0.3) is 115 Å². The predicted molar refractivity (Wildman–Crippen MR) is 269 cm³/mol. The fourth-order valence-corrected chi connectivity index (χ4v) is 10.3. The van der Waals surface area contributed by atoms with Crippen molar-refractivity contribution < 1.29 is 0 Å². The Morgan fingerprint density at radius 1 is 0.348 bits per heavy atom. The number of hydrogen-bond acceptors (Lipinski definition) is 6. The molecule has 306 valence electrons. The highest BCUT2D eigenvalue weighted by Gasteiger charge is 2.22. The second kappa shape index (κ2) is 16.0. The maximum Gasteiger partial charge on any atom is 0.166 e. The van der Waals surface area contributed by atoms with Crippen molar-refractivity contribution in [3.05, 3.63) is 217 Å². The van der Waals surface area contributed by atoms with Crippen molar-refractivity contribution in [2.45, 2.75) is 0 Å². The minimum Gasteiger partial charge on any atom is -0.308 e. The van der Waals surface area contributed by atoms with E-state index in [1.54, 1.807) is 11.3 Å². The van der Waals surface area contributed by atoms with E-state index in [9.17, 15) is 10.5 Å². The van der Waals surface area contributed by atoms with Crippen LogP contribution in [-0.2, 0) is 0 Å². The van der Waals surface area contributed by atoms with Gasteiger partial charge in [0.2, 0.25) is 0 Å². The Labute approximate surface area is 384 Å². The van der Waals surface area contributed by atoms with Gasteiger partial charge in [-0.1, -0.05) is 152 Å². The molecule has 0 unspecified atom stereocenters. The second-order valence-electron chi connectivity index (χ2n) is 16.2. The number of hydrogen-bond donors (Lipinski definition) is 0. The monoisotopic (exact) mass is 858 g/mol. The third-order valence-corrected chi connectivity index (χ3v) is 13.5. The zero-order valence-corrected chi connectivity index (χ0v) is 36.0. The first-order chi connectivity index (χ1) is 32.6. The molecule has 0 N–H and O–H groups in total. The first-order valence-electron chi connectivity index (χ1n) is 21.6. The number of rotatable bonds is 7. The van der Waals surface area contributed by atoms with E-state index in [4.69, 9.17) is 15.0 Å². The molecular weight excluding hydrogens is 825 g/mol. The van der Waals surface area contributed by atoms with E-state index in [2.05, 4.69) is 114 Å². The van der Waals surface area contributed by atoms with Gasteiger partial charge in [0.15, 0.2) is 17.5 Å². The summed E-state index contributed by atoms with van der Waals surface area (Å²) in [6, 6.07) is 75.1. The lowest BCUT2D eigenvalue weighted by Gasteiger charge is -2.17. The predicted octanol–water partition coefficient (Wildman–Crippen LogP) is 15.1. The summed E-state index contributed by atoms with van der Waals surface area (Å²) in [4.78, 5) is 15.7. The standard InChI is InChI=1S/C59H34N6S/c60-35-43-17-7-9-19-45(43)41-23-27-47-48-28-24-42(46-20-10-8-18-44(46)36-61)34-54(48)65(53(47)33-41)52-29-25-39(40-26-30-56-50(31-40)49-21-11-12-22-55(49)66-56)32-51(52)59-63-57(37-13-3-1-4-14-37)62-58(64-59)38-15-5-2-6-16-38/h1-34H. The smallest absolute Gasteiger partial charge is 0.166 e. The molecule has 0 aliphatic carbocycles. The van der Waals surface area contributed by atoms with Crippen molar-refractivity contribution in [3.8, 4) is 85.4 Å². The van der Waals surface area contributed by atoms with Crippen molar-refractivity contribution >= 4 is 53.3 Å². The third kappa shape index (κ3) is 6.59. The highest BCUT2D eigenvalue weighted by atomic mass is 32.1. The Bertz CT molecular complexity index is 3790. The summed E-state index contributed by atoms with van der Waals surface area (Å²) in [5.41, 5.74) is 12.2. The van der Waals surface area contributed by atoms with Gasteiger partial charge in [0, 0.05) is 47.6 Å². The van der Waals surface area contributed by atoms with Gasteiger partial charge in [0.1, 0.15) is 0 Å². The van der Waals surface area contributed by atoms with Gasteiger partial charge in [-0.3, -0.25) is 0 Å². The Kier molecular flexibility index (Phi) is 9.35. The molecule has 3 heterocycles. The molecule has 3 aromatic heterocycles. The van der Waals surface area contributed by atoms with Gasteiger partial charge in [-0.05, 0) is 88.0 Å². The topological polar surface area (TPSA) is 91.2 Å². The van der Waals surface area contributed by atoms with Crippen LogP contribution in [0.15, 0.2) is 206 Å². The molecule has 0 spiro atoms. The Balaban J connectivity index is 1.18. The van der Waals surface area contributed by atoms with Crippen LogP contribution < -0.4 is 0 Å². The van der Waals surface area contributed by atoms with E-state index in [0.717, 1.165) is 77.6 Å². The lowest BCUT2D eigenvalue weighted by Crippen LogP contribution is -2.04. The summed E-state index contributed by atoms with van der Waals surface area (Å²) in [6.45, 7) is 0. The summed E-state index contributed by atoms with van der Waals surface area (Å²) >= 11 is 1.81. The lowest BCUT2D eigenvalue weighted by molar-refractivity contribution is 1.06. The fraction of sp³-hybridized carbons (Fsp3) is 0. The molecular formula is C59H34N6S. The average molecular weight is 859 g/mol. The van der Waals surface area contributed by atoms with Crippen molar-refractivity contribution in [1.29, 1.82) is 10.5 Å². The van der Waals surface area contributed by atoms with Gasteiger partial charge < -0.3 is 4.57 Å². The number of nitriles is 2. The van der Waals surface area contributed by atoms with E-state index in [-0.39, 0.29) is 0 Å². The molecule has 0 saturated carbocycles. The van der Waals surface area contributed by atoms with Crippen LogP contribution in [0.3, 0.4) is 0 Å². The van der Waals surface area contributed by atoms with Crippen LogP contribution in [0, 0.1) is 22.7 Å². The molecule has 9 aromatic carbocycles. The Morgan fingerprint density at radius 3 is 1.44 bits per heavy atom. The fourth-order valence-electron chi connectivity index (χ4n) is 9.20. The van der Waals surface area contributed by atoms with Gasteiger partial charge in [-0.2, -0.15) is 10.5 Å². The summed E-state index contributed by atoms with van der Waals surface area (Å²) in [5.74, 6) is 1.65. The summed E-state index contributed by atoms with van der Waals surface area (Å²) in [7, 11) is 0. The Morgan fingerprint density at radius 2 is 0.833 bits per heavy atom. The quantitative estimate of drug-likeness (QED) is 0.159. The van der Waals surface area contributed by atoms with Crippen LogP contribution in [0.4, 0.5) is 0 Å². The van der Waals surface area contributed by atoms with Crippen LogP contribution >= 0.6 is 11.3 Å². The van der Waals surface area contributed by atoms with E-state index < -0.39 is 0 Å². The maximum absolute atomic E-state index is 10.2. The normalized spacial score (nSPS) is 11.3. The van der Waals surface area contributed by atoms with E-state index in [0.29, 0.717) is 28.6 Å². The van der Waals surface area contributed by atoms with Gasteiger partial charge in [-0.25, -0.2) is 15.0 Å². The van der Waals surface area contributed by atoms with Gasteiger partial charge >= 0.3 is 0 Å². The first-order valence-corrected chi connectivity index (χ1v) is 22.4. The molecule has 0 radical (unpaired) electrons. The molecule has 0 fully saturated rings. The second-order valence-corrected chi connectivity index (χ2v) is 17.3. The van der Waals surface area contributed by atoms with Gasteiger partial charge in [-0.15, -0.1) is 11.3 Å². The van der Waals surface area contributed by atoms with Crippen LogP contribution in [-0.4, -0.2) is 19.5 Å². The van der Waals surface area contributed by atoms with Crippen molar-refractivity contribution in [3.63, 3.8) is 0 Å². The van der Waals surface area contributed by atoms with Crippen molar-refractivity contribution in [2.24, 2.45) is 0 Å². The van der Waals surface area contributed by atoms with Gasteiger partial charge in [0.05, 0.1) is 40.0 Å². The molecule has 66 heavy (non-hydrogen) atoms. The minimum absolute atomic E-state index is 0.522. The van der Waals surface area contributed by atoms with E-state index in [1.807, 2.05) is 109 Å². The molecule has 0 atom stereocenters. The zero-order valence-electron chi connectivity index (χ0n) is 35.2. The average Bonchev–Trinajstić information content (AvgIpc) is 3.93. The largest absolute Gasteiger partial charge is 0.308 e. The lowest BCUT2D eigenvalue weighted by atomic mass is 9.98. The van der Waals surface area contributed by atoms with Crippen molar-refractivity contribution in [2.75, 3.05) is 0 Å². The van der Waals surface area contributed by atoms with E-state index >= 15 is 0 Å². The maximum atomic E-state index is 10.2. The van der Waals surface area contributed by atoms with Crippen LogP contribution in [0.5, 0.6) is 0 Å². The summed E-state index contributed by atoms with van der Waals surface area (Å²) in [6.07, 6.45) is 0. The molecule has 7 heteroatoms. The molecule has 0 aliphatic heterocycles. The molecule has 0 amide bonds. The highest BCUT2D eigenvalue weighted by Crippen LogP contribution is 2.43. The minimum atomic E-state index is 0.522. The number of aromatic nitrogens is 4. The van der Waals surface area contributed by atoms with E-state index in [1.165, 1.54) is 20.2 Å². The molecule has 6 nitrogen and oxygen atoms in total. The molecule has 0 saturated heterocycles. The zero-order chi connectivity index (χ0) is 44.1. The van der Waals surface area contributed by atoms with Crippen LogP contribution in [0.1, 0.15) is 11.1 Å². The number of benzene rings is 9. The molecule has 0 bridgehead atoms. The van der Waals surface area contributed by atoms with Crippen LogP contribution in [0.2, 0.25) is 0 Å². The summed E-state index contributed by atoms with van der Waals surface area (Å²) in [5, 5.41) is 25.0. The van der Waals surface area contributed by atoms with Gasteiger partial charge in [0.25, 0.3) is 0 Å². The number of thiophene rings is 1. The SMILES string of the molecule is N#Cc1ccccc1-c1ccc2c3ccc(-c4ccccc4C#N)cc3n(-c3ccc(-c4ccc5sc6ccccc6c5c4)cc3-c3nc(-c4ccccc4)nc(-c4ccccc4)n3)c2c1.